The van der Waals surface area contributed by atoms with Crippen molar-refractivity contribution in [2.75, 3.05) is 26.7 Å². The van der Waals surface area contributed by atoms with Crippen LogP contribution in [0.15, 0.2) is 30.3 Å². The number of benzene rings is 1. The molecule has 0 bridgehead atoms. The normalized spacial score (nSPS) is 23.6. The molecule has 1 saturated heterocycles. The summed E-state index contributed by atoms with van der Waals surface area (Å²) in [5, 5.41) is 0. The predicted octanol–water partition coefficient (Wildman–Crippen LogP) is 2.29. The standard InChI is InChI=1S/C18H26N2O2/c1-15-11-20(14-18(22-15)9-6-10-18)17(21)13-19(2)12-16-7-4-3-5-8-16/h3-5,7-8,15H,6,9-14H2,1-2H3. The van der Waals surface area contributed by atoms with Crippen LogP contribution in [-0.4, -0.2) is 54.1 Å². The largest absolute Gasteiger partial charge is 0.368 e. The molecule has 1 atom stereocenters. The molecule has 2 aliphatic rings. The van der Waals surface area contributed by atoms with E-state index in [4.69, 9.17) is 4.74 Å². The molecule has 1 aromatic carbocycles. The van der Waals surface area contributed by atoms with Gasteiger partial charge in [-0.25, -0.2) is 0 Å². The van der Waals surface area contributed by atoms with Crippen molar-refractivity contribution in [2.24, 2.45) is 0 Å². The average Bonchev–Trinajstić information content (AvgIpc) is 2.46. The lowest BCUT2D eigenvalue weighted by Crippen LogP contribution is -2.60. The van der Waals surface area contributed by atoms with Crippen molar-refractivity contribution in [2.45, 2.75) is 44.4 Å². The predicted molar refractivity (Wildman–Crippen MR) is 86.5 cm³/mol. The van der Waals surface area contributed by atoms with Crippen LogP contribution in [0, 0.1) is 0 Å². The lowest BCUT2D eigenvalue weighted by molar-refractivity contribution is -0.191. The van der Waals surface area contributed by atoms with Crippen LogP contribution in [0.4, 0.5) is 0 Å². The minimum Gasteiger partial charge on any atom is -0.368 e. The SMILES string of the molecule is CC1CN(C(=O)CN(C)Cc2ccccc2)CC2(CCC2)O1. The van der Waals surface area contributed by atoms with Gasteiger partial charge in [0.25, 0.3) is 0 Å². The highest BCUT2D eigenvalue weighted by Crippen LogP contribution is 2.39. The average molecular weight is 302 g/mol. The van der Waals surface area contributed by atoms with Gasteiger partial charge >= 0.3 is 0 Å². The molecule has 4 nitrogen and oxygen atoms in total. The van der Waals surface area contributed by atoms with Crippen LogP contribution >= 0.6 is 0 Å². The molecular weight excluding hydrogens is 276 g/mol. The van der Waals surface area contributed by atoms with Crippen LogP contribution in [0.3, 0.4) is 0 Å². The van der Waals surface area contributed by atoms with Crippen molar-refractivity contribution in [3.63, 3.8) is 0 Å². The molecule has 0 aromatic heterocycles. The number of morpholine rings is 1. The zero-order valence-electron chi connectivity index (χ0n) is 13.6. The summed E-state index contributed by atoms with van der Waals surface area (Å²) >= 11 is 0. The van der Waals surface area contributed by atoms with Gasteiger partial charge in [0, 0.05) is 19.6 Å². The monoisotopic (exact) mass is 302 g/mol. The van der Waals surface area contributed by atoms with Gasteiger partial charge in [-0.3, -0.25) is 9.69 Å². The van der Waals surface area contributed by atoms with E-state index in [0.29, 0.717) is 6.54 Å². The molecule has 1 spiro atoms. The second kappa shape index (κ2) is 6.39. The van der Waals surface area contributed by atoms with Crippen molar-refractivity contribution in [3.05, 3.63) is 35.9 Å². The fourth-order valence-electron chi connectivity index (χ4n) is 3.54. The Labute approximate surface area is 133 Å². The summed E-state index contributed by atoms with van der Waals surface area (Å²) < 4.78 is 6.08. The maximum Gasteiger partial charge on any atom is 0.236 e. The van der Waals surface area contributed by atoms with Crippen LogP contribution < -0.4 is 0 Å². The fraction of sp³-hybridized carbons (Fsp3) is 0.611. The van der Waals surface area contributed by atoms with Crippen molar-refractivity contribution in [3.8, 4) is 0 Å². The molecule has 120 valence electrons. The first-order chi connectivity index (χ1) is 10.6. The molecular formula is C18H26N2O2. The van der Waals surface area contributed by atoms with Crippen molar-refractivity contribution < 1.29 is 9.53 Å². The number of ether oxygens (including phenoxy) is 1. The number of carbonyl (C=O) groups excluding carboxylic acids is 1. The van der Waals surface area contributed by atoms with Gasteiger partial charge in [0.2, 0.25) is 5.91 Å². The molecule has 4 heteroatoms. The molecule has 1 saturated carbocycles. The van der Waals surface area contributed by atoms with Gasteiger partial charge < -0.3 is 9.64 Å². The maximum atomic E-state index is 12.6. The third-order valence-electron chi connectivity index (χ3n) is 4.73. The molecule has 0 radical (unpaired) electrons. The molecule has 1 aliphatic heterocycles. The van der Waals surface area contributed by atoms with Crippen LogP contribution in [0.1, 0.15) is 31.7 Å². The second-order valence-electron chi connectivity index (χ2n) is 6.90. The minimum atomic E-state index is -0.0364. The molecule has 1 heterocycles. The van der Waals surface area contributed by atoms with E-state index in [9.17, 15) is 4.79 Å². The van der Waals surface area contributed by atoms with Crippen LogP contribution in [-0.2, 0) is 16.1 Å². The number of amides is 1. The van der Waals surface area contributed by atoms with Gasteiger partial charge in [0.1, 0.15) is 0 Å². The summed E-state index contributed by atoms with van der Waals surface area (Å²) in [6.07, 6.45) is 3.57. The van der Waals surface area contributed by atoms with Crippen LogP contribution in [0.5, 0.6) is 0 Å². The van der Waals surface area contributed by atoms with E-state index >= 15 is 0 Å². The minimum absolute atomic E-state index is 0.0364. The molecule has 22 heavy (non-hydrogen) atoms. The lowest BCUT2D eigenvalue weighted by atomic mass is 9.78. The number of carbonyl (C=O) groups is 1. The van der Waals surface area contributed by atoms with E-state index in [1.807, 2.05) is 30.1 Å². The molecule has 1 unspecified atom stereocenters. The number of nitrogens with zero attached hydrogens (tertiary/aromatic N) is 2. The Morgan fingerprint density at radius 1 is 1.36 bits per heavy atom. The van der Waals surface area contributed by atoms with Gasteiger partial charge in [-0.2, -0.15) is 0 Å². The Kier molecular flexibility index (Phi) is 4.50. The molecule has 1 aromatic rings. The van der Waals surface area contributed by atoms with Crippen molar-refractivity contribution in [1.29, 1.82) is 0 Å². The van der Waals surface area contributed by atoms with E-state index in [1.54, 1.807) is 0 Å². The Morgan fingerprint density at radius 3 is 2.73 bits per heavy atom. The number of rotatable bonds is 4. The first-order valence-electron chi connectivity index (χ1n) is 8.24. The van der Waals surface area contributed by atoms with Gasteiger partial charge in [-0.05, 0) is 38.8 Å². The summed E-state index contributed by atoms with van der Waals surface area (Å²) in [6.45, 7) is 4.84. The van der Waals surface area contributed by atoms with Gasteiger partial charge in [0.05, 0.1) is 18.2 Å². The Hall–Kier alpha value is -1.39. The van der Waals surface area contributed by atoms with E-state index < -0.39 is 0 Å². The van der Waals surface area contributed by atoms with Gasteiger partial charge in [0.15, 0.2) is 0 Å². The molecule has 0 N–H and O–H groups in total. The highest BCUT2D eigenvalue weighted by molar-refractivity contribution is 5.78. The summed E-state index contributed by atoms with van der Waals surface area (Å²) in [5.74, 6) is 0.222. The van der Waals surface area contributed by atoms with E-state index in [-0.39, 0.29) is 17.6 Å². The Balaban J connectivity index is 1.54. The second-order valence-corrected chi connectivity index (χ2v) is 6.90. The number of likely N-dealkylation sites (N-methyl/N-ethyl adjacent to an activating group) is 1. The van der Waals surface area contributed by atoms with E-state index in [1.165, 1.54) is 12.0 Å². The van der Waals surface area contributed by atoms with Crippen LogP contribution in [0.2, 0.25) is 0 Å². The smallest absolute Gasteiger partial charge is 0.236 e. The summed E-state index contributed by atoms with van der Waals surface area (Å²) in [6, 6.07) is 10.3. The van der Waals surface area contributed by atoms with Crippen molar-refractivity contribution >= 4 is 5.91 Å². The highest BCUT2D eigenvalue weighted by Gasteiger charge is 2.45. The van der Waals surface area contributed by atoms with Gasteiger partial charge in [-0.15, -0.1) is 0 Å². The third-order valence-corrected chi connectivity index (χ3v) is 4.73. The first kappa shape index (κ1) is 15.5. The molecule has 1 aliphatic carbocycles. The Bertz CT molecular complexity index is 513. The quantitative estimate of drug-likeness (QED) is 0.855. The zero-order chi connectivity index (χ0) is 15.6. The van der Waals surface area contributed by atoms with Crippen LogP contribution in [0.25, 0.3) is 0 Å². The number of hydrogen-bond acceptors (Lipinski definition) is 3. The van der Waals surface area contributed by atoms with Gasteiger partial charge in [-0.1, -0.05) is 30.3 Å². The number of hydrogen-bond donors (Lipinski definition) is 0. The lowest BCUT2D eigenvalue weighted by Gasteiger charge is -2.50. The fourth-order valence-corrected chi connectivity index (χ4v) is 3.54. The van der Waals surface area contributed by atoms with Crippen molar-refractivity contribution in [1.82, 2.24) is 9.80 Å². The summed E-state index contributed by atoms with van der Waals surface area (Å²) in [5.41, 5.74) is 1.20. The topological polar surface area (TPSA) is 32.8 Å². The maximum absolute atomic E-state index is 12.6. The third kappa shape index (κ3) is 3.50. The van der Waals surface area contributed by atoms with E-state index in [0.717, 1.165) is 32.5 Å². The Morgan fingerprint density at radius 2 is 2.09 bits per heavy atom. The highest BCUT2D eigenvalue weighted by atomic mass is 16.5. The molecule has 1 amide bonds. The summed E-state index contributed by atoms with van der Waals surface area (Å²) in [7, 11) is 2.01. The first-order valence-corrected chi connectivity index (χ1v) is 8.24. The zero-order valence-corrected chi connectivity index (χ0v) is 13.6. The molecule has 3 rings (SSSR count). The molecule has 2 fully saturated rings. The van der Waals surface area contributed by atoms with E-state index in [2.05, 4.69) is 24.0 Å². The summed E-state index contributed by atoms with van der Waals surface area (Å²) in [4.78, 5) is 16.7.